The molecule has 2 amide bonds. The molecule has 0 saturated carbocycles. The zero-order valence-electron chi connectivity index (χ0n) is 13.3. The van der Waals surface area contributed by atoms with Crippen LogP contribution in [0, 0.1) is 6.92 Å². The van der Waals surface area contributed by atoms with Gasteiger partial charge in [0.25, 0.3) is 0 Å². The van der Waals surface area contributed by atoms with Gasteiger partial charge in [-0.15, -0.1) is 11.3 Å². The molecule has 3 rings (SSSR count). The zero-order chi connectivity index (χ0) is 16.2. The van der Waals surface area contributed by atoms with Crippen LogP contribution in [0.4, 0.5) is 4.79 Å². The predicted octanol–water partition coefficient (Wildman–Crippen LogP) is 2.13. The average molecular weight is 335 g/mol. The number of nitrogens with zero attached hydrogens (tertiary/aromatic N) is 3. The lowest BCUT2D eigenvalue weighted by molar-refractivity contribution is 0.177. The van der Waals surface area contributed by atoms with Crippen molar-refractivity contribution in [1.82, 2.24) is 25.4 Å². The molecular formula is C15H21N5O2S. The molecule has 2 aromatic rings. The molecule has 1 aliphatic heterocycles. The standard InChI is InChI=1S/C15H21N5O2S/c1-10-5-7-23-12(10)8-16-15(21)17-11-4-3-6-20-14(11)18-13(19-20)9-22-2/h5,7,11H,3-4,6,8-9H2,1-2H3,(H2,16,17,21). The summed E-state index contributed by atoms with van der Waals surface area (Å²) in [6.45, 7) is 3.81. The van der Waals surface area contributed by atoms with Crippen LogP contribution in [-0.2, 0) is 24.4 Å². The van der Waals surface area contributed by atoms with Gasteiger partial charge in [0, 0.05) is 18.5 Å². The van der Waals surface area contributed by atoms with Gasteiger partial charge in [-0.1, -0.05) is 0 Å². The Labute approximate surface area is 139 Å². The van der Waals surface area contributed by atoms with Crippen LogP contribution in [0.15, 0.2) is 11.4 Å². The number of hydrogen-bond acceptors (Lipinski definition) is 5. The van der Waals surface area contributed by atoms with Crippen LogP contribution in [-0.4, -0.2) is 27.9 Å². The number of methoxy groups -OCH3 is 1. The first-order valence-electron chi connectivity index (χ1n) is 7.67. The molecule has 0 saturated heterocycles. The van der Waals surface area contributed by atoms with Crippen molar-refractivity contribution in [2.45, 2.75) is 45.5 Å². The van der Waals surface area contributed by atoms with E-state index in [2.05, 4.69) is 26.8 Å². The van der Waals surface area contributed by atoms with Gasteiger partial charge in [0.1, 0.15) is 12.4 Å². The molecule has 0 aromatic carbocycles. The topological polar surface area (TPSA) is 81.1 Å². The van der Waals surface area contributed by atoms with Crippen molar-refractivity contribution in [3.05, 3.63) is 33.5 Å². The predicted molar refractivity (Wildman–Crippen MR) is 87.1 cm³/mol. The maximum atomic E-state index is 12.2. The highest BCUT2D eigenvalue weighted by Crippen LogP contribution is 2.23. The number of thiophene rings is 1. The minimum atomic E-state index is -0.174. The number of carbonyl (C=O) groups excluding carboxylic acids is 1. The van der Waals surface area contributed by atoms with Crippen LogP contribution < -0.4 is 10.6 Å². The Balaban J connectivity index is 1.60. The van der Waals surface area contributed by atoms with Crippen molar-refractivity contribution in [1.29, 1.82) is 0 Å². The number of aryl methyl sites for hydroxylation is 2. The zero-order valence-corrected chi connectivity index (χ0v) is 14.2. The molecule has 0 radical (unpaired) electrons. The molecule has 2 aromatic heterocycles. The number of ether oxygens (including phenoxy) is 1. The molecular weight excluding hydrogens is 314 g/mol. The summed E-state index contributed by atoms with van der Waals surface area (Å²) >= 11 is 1.65. The van der Waals surface area contributed by atoms with E-state index in [4.69, 9.17) is 4.74 Å². The normalized spacial score (nSPS) is 16.9. The van der Waals surface area contributed by atoms with Crippen LogP contribution in [0.25, 0.3) is 0 Å². The van der Waals surface area contributed by atoms with E-state index in [0.29, 0.717) is 19.0 Å². The van der Waals surface area contributed by atoms with Gasteiger partial charge in [-0.25, -0.2) is 14.5 Å². The first kappa shape index (κ1) is 15.9. The SMILES string of the molecule is COCc1nc2n(n1)CCCC2NC(=O)NCc1sccc1C. The molecule has 3 heterocycles. The highest BCUT2D eigenvalue weighted by Gasteiger charge is 2.25. The minimum absolute atomic E-state index is 0.105. The van der Waals surface area contributed by atoms with Gasteiger partial charge < -0.3 is 15.4 Å². The fourth-order valence-corrected chi connectivity index (χ4v) is 3.53. The van der Waals surface area contributed by atoms with Gasteiger partial charge >= 0.3 is 6.03 Å². The number of carbonyl (C=O) groups is 1. The van der Waals surface area contributed by atoms with Gasteiger partial charge in [0.2, 0.25) is 0 Å². The fourth-order valence-electron chi connectivity index (χ4n) is 2.68. The summed E-state index contributed by atoms with van der Waals surface area (Å²) in [5, 5.41) is 12.4. The number of hydrogen-bond donors (Lipinski definition) is 2. The van der Waals surface area contributed by atoms with Gasteiger partial charge in [-0.3, -0.25) is 0 Å². The third-order valence-corrected chi connectivity index (χ3v) is 4.90. The van der Waals surface area contributed by atoms with Crippen molar-refractivity contribution in [2.75, 3.05) is 7.11 Å². The van der Waals surface area contributed by atoms with Gasteiger partial charge in [-0.2, -0.15) is 5.10 Å². The Bertz CT molecular complexity index is 681. The molecule has 0 aliphatic carbocycles. The van der Waals surface area contributed by atoms with Crippen molar-refractivity contribution in [3.63, 3.8) is 0 Å². The highest BCUT2D eigenvalue weighted by atomic mass is 32.1. The molecule has 2 N–H and O–H groups in total. The number of nitrogens with one attached hydrogen (secondary N) is 2. The summed E-state index contributed by atoms with van der Waals surface area (Å²) in [4.78, 5) is 17.8. The smallest absolute Gasteiger partial charge is 0.315 e. The molecule has 7 nitrogen and oxygen atoms in total. The molecule has 23 heavy (non-hydrogen) atoms. The lowest BCUT2D eigenvalue weighted by Gasteiger charge is -2.23. The largest absolute Gasteiger partial charge is 0.377 e. The summed E-state index contributed by atoms with van der Waals surface area (Å²) in [5.74, 6) is 1.47. The Kier molecular flexibility index (Phi) is 4.92. The van der Waals surface area contributed by atoms with E-state index in [1.165, 1.54) is 10.4 Å². The summed E-state index contributed by atoms with van der Waals surface area (Å²) in [7, 11) is 1.62. The Morgan fingerprint density at radius 1 is 1.57 bits per heavy atom. The van der Waals surface area contributed by atoms with Crippen molar-refractivity contribution in [3.8, 4) is 0 Å². The first-order valence-corrected chi connectivity index (χ1v) is 8.55. The van der Waals surface area contributed by atoms with Crippen LogP contribution in [0.3, 0.4) is 0 Å². The van der Waals surface area contributed by atoms with E-state index in [0.717, 1.165) is 25.2 Å². The molecule has 8 heteroatoms. The Morgan fingerprint density at radius 3 is 3.17 bits per heavy atom. The first-order chi connectivity index (χ1) is 11.2. The second kappa shape index (κ2) is 7.10. The van der Waals surface area contributed by atoms with Gasteiger partial charge in [-0.05, 0) is 36.8 Å². The number of urea groups is 1. The average Bonchev–Trinajstić information content (AvgIpc) is 3.12. The molecule has 0 spiro atoms. The molecule has 124 valence electrons. The van der Waals surface area contributed by atoms with Crippen LogP contribution in [0.2, 0.25) is 0 Å². The van der Waals surface area contributed by atoms with Gasteiger partial charge in [0.05, 0.1) is 12.6 Å². The van der Waals surface area contributed by atoms with E-state index >= 15 is 0 Å². The summed E-state index contributed by atoms with van der Waals surface area (Å²) < 4.78 is 6.94. The summed E-state index contributed by atoms with van der Waals surface area (Å²) in [6, 6.07) is 1.78. The Hall–Kier alpha value is -1.93. The monoisotopic (exact) mass is 335 g/mol. The minimum Gasteiger partial charge on any atom is -0.377 e. The highest BCUT2D eigenvalue weighted by molar-refractivity contribution is 7.10. The van der Waals surface area contributed by atoms with Crippen LogP contribution >= 0.6 is 11.3 Å². The van der Waals surface area contributed by atoms with Gasteiger partial charge in [0.15, 0.2) is 5.82 Å². The van der Waals surface area contributed by atoms with E-state index in [1.54, 1.807) is 18.4 Å². The second-order valence-electron chi connectivity index (χ2n) is 5.59. The second-order valence-corrected chi connectivity index (χ2v) is 6.59. The van der Waals surface area contributed by atoms with Crippen molar-refractivity contribution >= 4 is 17.4 Å². The summed E-state index contributed by atoms with van der Waals surface area (Å²) in [6.07, 6.45) is 1.84. The van der Waals surface area contributed by atoms with E-state index in [-0.39, 0.29) is 12.1 Å². The molecule has 0 bridgehead atoms. The third kappa shape index (κ3) is 3.70. The number of aromatic nitrogens is 3. The molecule has 0 fully saturated rings. The van der Waals surface area contributed by atoms with Crippen molar-refractivity contribution < 1.29 is 9.53 Å². The maximum absolute atomic E-state index is 12.2. The van der Waals surface area contributed by atoms with Crippen LogP contribution in [0.1, 0.15) is 41.0 Å². The van der Waals surface area contributed by atoms with Crippen LogP contribution in [0.5, 0.6) is 0 Å². The maximum Gasteiger partial charge on any atom is 0.315 e. The van der Waals surface area contributed by atoms with E-state index in [9.17, 15) is 4.79 Å². The lowest BCUT2D eigenvalue weighted by atomic mass is 10.1. The number of amides is 2. The number of rotatable bonds is 5. The van der Waals surface area contributed by atoms with E-state index < -0.39 is 0 Å². The number of fused-ring (bicyclic) bond motifs is 1. The lowest BCUT2D eigenvalue weighted by Crippen LogP contribution is -2.39. The Morgan fingerprint density at radius 2 is 2.43 bits per heavy atom. The molecule has 1 aliphatic rings. The van der Waals surface area contributed by atoms with Crippen molar-refractivity contribution in [2.24, 2.45) is 0 Å². The van der Waals surface area contributed by atoms with E-state index in [1.807, 2.05) is 17.0 Å². The fraction of sp³-hybridized carbons (Fsp3) is 0.533. The summed E-state index contributed by atoms with van der Waals surface area (Å²) in [5.41, 5.74) is 1.21. The molecule has 1 unspecified atom stereocenters. The third-order valence-electron chi connectivity index (χ3n) is 3.88. The molecule has 1 atom stereocenters. The quantitative estimate of drug-likeness (QED) is 0.877.